The molecule has 2 heterocycles. The summed E-state index contributed by atoms with van der Waals surface area (Å²) in [4.78, 5) is 20.9. The average Bonchev–Trinajstić information content (AvgIpc) is 2.69. The van der Waals surface area contributed by atoms with Gasteiger partial charge in [-0.05, 0) is 29.3 Å². The molecule has 1 aromatic carbocycles. The largest absolute Gasteiger partial charge is 0.379 e. The second-order valence-electron chi connectivity index (χ2n) is 6.77. The van der Waals surface area contributed by atoms with Crippen LogP contribution < -0.4 is 15.5 Å². The molecule has 1 saturated heterocycles. The Morgan fingerprint density at radius 2 is 2.00 bits per heavy atom. The van der Waals surface area contributed by atoms with Gasteiger partial charge in [-0.2, -0.15) is 0 Å². The highest BCUT2D eigenvalue weighted by molar-refractivity contribution is 5.90. The van der Waals surface area contributed by atoms with E-state index in [0.717, 1.165) is 55.5 Å². The van der Waals surface area contributed by atoms with Crippen LogP contribution in [0.2, 0.25) is 0 Å². The van der Waals surface area contributed by atoms with Crippen molar-refractivity contribution in [3.05, 3.63) is 53.7 Å². The van der Waals surface area contributed by atoms with Crippen LogP contribution in [0.5, 0.6) is 0 Å². The van der Waals surface area contributed by atoms with Crippen molar-refractivity contribution < 1.29 is 9.53 Å². The number of benzene rings is 1. The lowest BCUT2D eigenvalue weighted by molar-refractivity contribution is 0.0343. The van der Waals surface area contributed by atoms with Gasteiger partial charge in [0.15, 0.2) is 0 Å². The molecule has 27 heavy (non-hydrogen) atoms. The van der Waals surface area contributed by atoms with Crippen LogP contribution in [0.3, 0.4) is 0 Å². The number of urea groups is 1. The van der Waals surface area contributed by atoms with Crippen LogP contribution in [0.25, 0.3) is 0 Å². The number of amides is 2. The molecular formula is C20H27N5O2. The van der Waals surface area contributed by atoms with Gasteiger partial charge in [-0.3, -0.25) is 4.90 Å². The van der Waals surface area contributed by atoms with E-state index >= 15 is 0 Å². The molecule has 0 unspecified atom stereocenters. The number of aromatic nitrogens is 1. The number of carbonyl (C=O) groups excluding carboxylic acids is 1. The van der Waals surface area contributed by atoms with Crippen molar-refractivity contribution in [2.45, 2.75) is 13.1 Å². The first-order chi connectivity index (χ1) is 13.1. The van der Waals surface area contributed by atoms with E-state index in [-0.39, 0.29) is 6.03 Å². The standard InChI is InChI=1S/C20H27N5O2/c1-24(2)19-13-16(7-8-21-19)14-22-20(26)23-18-6-4-3-5-17(18)15-25-9-11-27-12-10-25/h3-8,13H,9-12,14-15H2,1-2H3,(H2,22,23,26). The molecule has 2 amide bonds. The predicted molar refractivity (Wildman–Crippen MR) is 107 cm³/mol. The summed E-state index contributed by atoms with van der Waals surface area (Å²) in [6, 6.07) is 11.6. The fourth-order valence-corrected chi connectivity index (χ4v) is 2.94. The Kier molecular flexibility index (Phi) is 6.62. The number of hydrogen-bond acceptors (Lipinski definition) is 5. The number of nitrogens with one attached hydrogen (secondary N) is 2. The van der Waals surface area contributed by atoms with Gasteiger partial charge in [-0.25, -0.2) is 9.78 Å². The van der Waals surface area contributed by atoms with Gasteiger partial charge in [0.25, 0.3) is 0 Å². The maximum absolute atomic E-state index is 12.4. The summed E-state index contributed by atoms with van der Waals surface area (Å²) < 4.78 is 5.40. The molecule has 2 N–H and O–H groups in total. The van der Waals surface area contributed by atoms with Crippen LogP contribution in [0.15, 0.2) is 42.6 Å². The molecule has 0 saturated carbocycles. The highest BCUT2D eigenvalue weighted by atomic mass is 16.5. The quantitative estimate of drug-likeness (QED) is 0.818. The third-order valence-corrected chi connectivity index (χ3v) is 4.48. The molecule has 0 bridgehead atoms. The van der Waals surface area contributed by atoms with Crippen molar-refractivity contribution in [1.29, 1.82) is 0 Å². The van der Waals surface area contributed by atoms with Crippen molar-refractivity contribution in [3.8, 4) is 0 Å². The minimum absolute atomic E-state index is 0.215. The molecule has 7 heteroatoms. The number of pyridine rings is 1. The van der Waals surface area contributed by atoms with Gasteiger partial charge in [0.05, 0.1) is 13.2 Å². The summed E-state index contributed by atoms with van der Waals surface area (Å²) in [7, 11) is 3.88. The van der Waals surface area contributed by atoms with Gasteiger partial charge < -0.3 is 20.3 Å². The summed E-state index contributed by atoms with van der Waals surface area (Å²) in [5.74, 6) is 0.866. The lowest BCUT2D eigenvalue weighted by Gasteiger charge is -2.27. The first-order valence-electron chi connectivity index (χ1n) is 9.17. The Balaban J connectivity index is 1.57. The number of rotatable bonds is 6. The fourth-order valence-electron chi connectivity index (χ4n) is 2.94. The lowest BCUT2D eigenvalue weighted by atomic mass is 10.1. The fraction of sp³-hybridized carbons (Fsp3) is 0.400. The molecule has 1 fully saturated rings. The normalized spacial score (nSPS) is 14.6. The smallest absolute Gasteiger partial charge is 0.319 e. The molecule has 7 nitrogen and oxygen atoms in total. The molecule has 0 radical (unpaired) electrons. The maximum Gasteiger partial charge on any atom is 0.319 e. The lowest BCUT2D eigenvalue weighted by Crippen LogP contribution is -2.36. The highest BCUT2D eigenvalue weighted by Gasteiger charge is 2.13. The molecule has 1 aliphatic rings. The summed E-state index contributed by atoms with van der Waals surface area (Å²) in [6.45, 7) is 4.60. The molecule has 0 spiro atoms. The van der Waals surface area contributed by atoms with Crippen molar-refractivity contribution >= 4 is 17.5 Å². The van der Waals surface area contributed by atoms with Crippen LogP contribution in [0.4, 0.5) is 16.3 Å². The molecule has 0 aliphatic carbocycles. The van der Waals surface area contributed by atoms with Gasteiger partial charge in [0.1, 0.15) is 5.82 Å². The SMILES string of the molecule is CN(C)c1cc(CNC(=O)Nc2ccccc2CN2CCOCC2)ccn1. The van der Waals surface area contributed by atoms with E-state index < -0.39 is 0 Å². The Bertz CT molecular complexity index is 760. The molecule has 2 aromatic rings. The Hall–Kier alpha value is -2.64. The number of anilines is 2. The zero-order valence-electron chi connectivity index (χ0n) is 15.9. The average molecular weight is 369 g/mol. The van der Waals surface area contributed by atoms with E-state index in [9.17, 15) is 4.79 Å². The molecular weight excluding hydrogens is 342 g/mol. The van der Waals surface area contributed by atoms with E-state index in [2.05, 4.69) is 26.6 Å². The van der Waals surface area contributed by atoms with Gasteiger partial charge in [-0.15, -0.1) is 0 Å². The second-order valence-corrected chi connectivity index (χ2v) is 6.77. The zero-order valence-corrected chi connectivity index (χ0v) is 15.9. The van der Waals surface area contributed by atoms with Gasteiger partial charge >= 0.3 is 6.03 Å². The van der Waals surface area contributed by atoms with Crippen molar-refractivity contribution in [2.75, 3.05) is 50.6 Å². The topological polar surface area (TPSA) is 69.7 Å². The van der Waals surface area contributed by atoms with Crippen LogP contribution >= 0.6 is 0 Å². The highest BCUT2D eigenvalue weighted by Crippen LogP contribution is 2.18. The number of hydrogen-bond donors (Lipinski definition) is 2. The summed E-state index contributed by atoms with van der Waals surface area (Å²) in [5.41, 5.74) is 2.95. The number of nitrogens with zero attached hydrogens (tertiary/aromatic N) is 3. The van der Waals surface area contributed by atoms with Gasteiger partial charge in [-0.1, -0.05) is 18.2 Å². The van der Waals surface area contributed by atoms with Crippen LogP contribution in [-0.4, -0.2) is 56.3 Å². The first-order valence-corrected chi connectivity index (χ1v) is 9.17. The summed E-state index contributed by atoms with van der Waals surface area (Å²) in [5, 5.41) is 5.89. The van der Waals surface area contributed by atoms with Crippen molar-refractivity contribution in [3.63, 3.8) is 0 Å². The number of ether oxygens (including phenoxy) is 1. The van der Waals surface area contributed by atoms with E-state index in [1.807, 2.05) is 49.3 Å². The van der Waals surface area contributed by atoms with Gasteiger partial charge in [0.2, 0.25) is 0 Å². The Morgan fingerprint density at radius 3 is 2.78 bits per heavy atom. The Morgan fingerprint density at radius 1 is 1.22 bits per heavy atom. The monoisotopic (exact) mass is 369 g/mol. The van der Waals surface area contributed by atoms with E-state index in [4.69, 9.17) is 4.74 Å². The summed E-state index contributed by atoms with van der Waals surface area (Å²) in [6.07, 6.45) is 1.75. The zero-order chi connectivity index (χ0) is 19.1. The summed E-state index contributed by atoms with van der Waals surface area (Å²) >= 11 is 0. The van der Waals surface area contributed by atoms with Crippen molar-refractivity contribution in [2.24, 2.45) is 0 Å². The van der Waals surface area contributed by atoms with Crippen molar-refractivity contribution in [1.82, 2.24) is 15.2 Å². The molecule has 3 rings (SSSR count). The van der Waals surface area contributed by atoms with Gasteiger partial charge in [0, 0.05) is 52.2 Å². The van der Waals surface area contributed by atoms with Crippen LogP contribution in [-0.2, 0) is 17.8 Å². The molecule has 144 valence electrons. The Labute approximate surface area is 160 Å². The maximum atomic E-state index is 12.4. The number of morpholine rings is 1. The number of carbonyl (C=O) groups is 1. The number of para-hydroxylation sites is 1. The minimum atomic E-state index is -0.215. The minimum Gasteiger partial charge on any atom is -0.379 e. The van der Waals surface area contributed by atoms with E-state index in [0.29, 0.717) is 6.54 Å². The van der Waals surface area contributed by atoms with E-state index in [1.165, 1.54) is 0 Å². The first kappa shape index (κ1) is 19.1. The third-order valence-electron chi connectivity index (χ3n) is 4.48. The van der Waals surface area contributed by atoms with Crippen LogP contribution in [0.1, 0.15) is 11.1 Å². The molecule has 1 aliphatic heterocycles. The molecule has 0 atom stereocenters. The van der Waals surface area contributed by atoms with Crippen LogP contribution in [0, 0.1) is 0 Å². The third kappa shape index (κ3) is 5.67. The second kappa shape index (κ2) is 9.34. The molecule has 1 aromatic heterocycles. The predicted octanol–water partition coefficient (Wildman–Crippen LogP) is 2.30. The van der Waals surface area contributed by atoms with E-state index in [1.54, 1.807) is 6.20 Å².